The van der Waals surface area contributed by atoms with Gasteiger partial charge in [0.25, 0.3) is 0 Å². The third-order valence-electron chi connectivity index (χ3n) is 16.1. The summed E-state index contributed by atoms with van der Waals surface area (Å²) in [6, 6.07) is -0.945. The smallest absolute Gasteiger partial charge is 0.220 e. The van der Waals surface area contributed by atoms with Crippen molar-refractivity contribution < 1.29 is 64.6 Å². The first-order valence-corrected chi connectivity index (χ1v) is 34.9. The lowest BCUT2D eigenvalue weighted by Gasteiger charge is -2.46. The third-order valence-corrected chi connectivity index (χ3v) is 16.1. The van der Waals surface area contributed by atoms with Crippen molar-refractivity contribution in [2.24, 2.45) is 0 Å². The predicted molar refractivity (Wildman–Crippen MR) is 364 cm³/mol. The lowest BCUT2D eigenvalue weighted by molar-refractivity contribution is -0.359. The molecule has 14 nitrogen and oxygen atoms in total. The minimum absolute atomic E-state index is 0.258. The largest absolute Gasteiger partial charge is 0.394 e. The fraction of sp³-hybridized carbons (Fsp3) is 0.693. The summed E-state index contributed by atoms with van der Waals surface area (Å²) in [5, 5.41) is 87.3. The summed E-state index contributed by atoms with van der Waals surface area (Å²) in [6.45, 7) is 2.66. The van der Waals surface area contributed by atoms with E-state index < -0.39 is 86.8 Å². The normalized spacial score (nSPS) is 23.9. The lowest BCUT2D eigenvalue weighted by atomic mass is 9.97. The highest BCUT2D eigenvalue weighted by Gasteiger charge is 2.51. The van der Waals surface area contributed by atoms with Gasteiger partial charge in [-0.3, -0.25) is 4.79 Å². The van der Waals surface area contributed by atoms with E-state index in [1.54, 1.807) is 6.08 Å². The SMILES string of the molecule is CC/C=C\C/C=C\C/C=C\C/C=C\C/C=C\C/C=C\C/C=C\C/C=C\C/C=C\CCCCCCCCCCCC(=O)NC(COC1OC(CO)C(OC2OC(CO)C(O)C(O)C2O)C(O)C1O)C(O)/C=C/CC/C=C/CCCCCCCCCCCCCC. The molecule has 89 heavy (non-hydrogen) atoms. The van der Waals surface area contributed by atoms with Gasteiger partial charge in [-0.05, 0) is 103 Å². The molecule has 2 aliphatic heterocycles. The maximum atomic E-state index is 13.3. The molecule has 0 aromatic heterocycles. The summed E-state index contributed by atoms with van der Waals surface area (Å²) in [5.41, 5.74) is 0. The topological polar surface area (TPSA) is 228 Å². The van der Waals surface area contributed by atoms with Gasteiger partial charge in [0, 0.05) is 6.42 Å². The average Bonchev–Trinajstić information content (AvgIpc) is 1.44. The number of carbonyl (C=O) groups excluding carboxylic acids is 1. The van der Waals surface area contributed by atoms with Gasteiger partial charge < -0.3 is 65.1 Å². The van der Waals surface area contributed by atoms with E-state index in [1.807, 2.05) is 6.08 Å². The molecule has 2 heterocycles. The van der Waals surface area contributed by atoms with Crippen LogP contribution in [0.5, 0.6) is 0 Å². The Morgan fingerprint density at radius 1 is 0.416 bits per heavy atom. The summed E-state index contributed by atoms with van der Waals surface area (Å²) in [6.07, 6.45) is 69.3. The molecule has 12 atom stereocenters. The van der Waals surface area contributed by atoms with E-state index in [2.05, 4.69) is 141 Å². The molecule has 2 saturated heterocycles. The fourth-order valence-corrected chi connectivity index (χ4v) is 10.5. The molecule has 2 fully saturated rings. The molecule has 2 aliphatic rings. The number of ether oxygens (including phenoxy) is 4. The Morgan fingerprint density at radius 2 is 0.787 bits per heavy atom. The van der Waals surface area contributed by atoms with E-state index in [0.29, 0.717) is 12.8 Å². The fourth-order valence-electron chi connectivity index (χ4n) is 10.5. The van der Waals surface area contributed by atoms with Crippen LogP contribution in [0.4, 0.5) is 0 Å². The first kappa shape index (κ1) is 81.2. The molecule has 508 valence electrons. The monoisotopic (exact) mass is 1250 g/mol. The highest BCUT2D eigenvalue weighted by Crippen LogP contribution is 2.30. The highest BCUT2D eigenvalue weighted by atomic mass is 16.7. The van der Waals surface area contributed by atoms with Gasteiger partial charge in [0.2, 0.25) is 5.91 Å². The molecule has 0 bridgehead atoms. The lowest BCUT2D eigenvalue weighted by Crippen LogP contribution is -2.65. The van der Waals surface area contributed by atoms with E-state index in [1.165, 1.54) is 103 Å². The van der Waals surface area contributed by atoms with Crippen LogP contribution in [0.1, 0.15) is 239 Å². The van der Waals surface area contributed by atoms with Crippen LogP contribution >= 0.6 is 0 Å². The zero-order chi connectivity index (χ0) is 64.5. The maximum absolute atomic E-state index is 13.3. The number of aliphatic hydroxyl groups excluding tert-OH is 8. The van der Waals surface area contributed by atoms with Crippen molar-refractivity contribution in [1.29, 1.82) is 0 Å². The average molecular weight is 1250 g/mol. The Bertz CT molecular complexity index is 2010. The molecule has 0 radical (unpaired) electrons. The minimum Gasteiger partial charge on any atom is -0.394 e. The number of hydrogen-bond donors (Lipinski definition) is 9. The first-order chi connectivity index (χ1) is 43.6. The quantitative estimate of drug-likeness (QED) is 0.0204. The Balaban J connectivity index is 1.67. The standard InChI is InChI=1S/C75H125NO13/c1-3-5-7-9-11-13-15-17-19-21-23-24-25-26-27-28-29-30-31-32-33-34-35-36-37-38-39-40-41-43-45-47-49-51-53-55-57-59-67(80)76-63(64(79)58-56-54-52-50-48-46-44-42-22-20-18-16-14-12-10-8-6-4-2)62-86-74-72(85)70(83)73(66(61-78)88-74)89-75-71(84)69(82)68(81)65(60-77)87-75/h5,7,11,13,17,19,23-24,26-27,29-30,32-33,35-36,38-39,48,50,56,58,63-66,68-75,77-79,81-85H,3-4,6,8-10,12,14-16,18,20-22,25,28,31,34,37,40-47,49,51-55,57,59-62H2,1-2H3,(H,76,80)/b7-5-,13-11-,19-17-,24-23-,27-26-,30-29-,33-32-,36-35-,39-38-,50-48+,58-56+. The number of allylic oxidation sites excluding steroid dienone is 21. The predicted octanol–water partition coefficient (Wildman–Crippen LogP) is 14.3. The van der Waals surface area contributed by atoms with E-state index >= 15 is 0 Å². The maximum Gasteiger partial charge on any atom is 0.220 e. The van der Waals surface area contributed by atoms with Gasteiger partial charge in [-0.15, -0.1) is 0 Å². The summed E-state index contributed by atoms with van der Waals surface area (Å²) in [7, 11) is 0. The molecule has 0 saturated carbocycles. The van der Waals surface area contributed by atoms with Crippen LogP contribution < -0.4 is 5.32 Å². The van der Waals surface area contributed by atoms with Crippen molar-refractivity contribution in [3.05, 3.63) is 134 Å². The van der Waals surface area contributed by atoms with Crippen LogP contribution in [-0.2, 0) is 23.7 Å². The zero-order valence-electron chi connectivity index (χ0n) is 55.1. The molecule has 14 heteroatoms. The van der Waals surface area contributed by atoms with Gasteiger partial charge in [0.1, 0.15) is 48.8 Å². The van der Waals surface area contributed by atoms with E-state index in [-0.39, 0.29) is 18.9 Å². The van der Waals surface area contributed by atoms with Gasteiger partial charge in [-0.2, -0.15) is 0 Å². The van der Waals surface area contributed by atoms with Crippen molar-refractivity contribution in [3.8, 4) is 0 Å². The van der Waals surface area contributed by atoms with Crippen LogP contribution in [0.15, 0.2) is 134 Å². The Kier molecular flexibility index (Phi) is 52.9. The van der Waals surface area contributed by atoms with Gasteiger partial charge >= 0.3 is 0 Å². The minimum atomic E-state index is -1.80. The summed E-state index contributed by atoms with van der Waals surface area (Å²) in [4.78, 5) is 13.3. The highest BCUT2D eigenvalue weighted by molar-refractivity contribution is 5.76. The second-order valence-corrected chi connectivity index (χ2v) is 23.9. The second kappa shape index (κ2) is 58.0. The van der Waals surface area contributed by atoms with E-state index in [0.717, 1.165) is 103 Å². The van der Waals surface area contributed by atoms with E-state index in [9.17, 15) is 45.6 Å². The van der Waals surface area contributed by atoms with Crippen molar-refractivity contribution in [2.45, 2.75) is 312 Å². The summed E-state index contributed by atoms with van der Waals surface area (Å²) in [5.74, 6) is -0.260. The molecule has 1 amide bonds. The van der Waals surface area contributed by atoms with Gasteiger partial charge in [0.05, 0.1) is 32.0 Å². The molecular weight excluding hydrogens is 1120 g/mol. The van der Waals surface area contributed by atoms with Crippen LogP contribution in [0, 0.1) is 0 Å². The molecular formula is C75H125NO13. The molecule has 9 N–H and O–H groups in total. The molecule has 0 aromatic carbocycles. The molecule has 2 rings (SSSR count). The van der Waals surface area contributed by atoms with Crippen LogP contribution in [0.3, 0.4) is 0 Å². The Hall–Kier alpha value is -3.87. The van der Waals surface area contributed by atoms with Crippen LogP contribution in [-0.4, -0.2) is 140 Å². The third kappa shape index (κ3) is 42.1. The van der Waals surface area contributed by atoms with Gasteiger partial charge in [0.15, 0.2) is 12.6 Å². The van der Waals surface area contributed by atoms with Crippen molar-refractivity contribution in [2.75, 3.05) is 19.8 Å². The molecule has 12 unspecified atom stereocenters. The van der Waals surface area contributed by atoms with Crippen LogP contribution in [0.2, 0.25) is 0 Å². The Labute approximate surface area is 539 Å². The molecule has 0 aromatic rings. The summed E-state index contributed by atoms with van der Waals surface area (Å²) < 4.78 is 22.8. The number of unbranched alkanes of at least 4 members (excludes halogenated alkanes) is 22. The number of aliphatic hydroxyl groups is 8. The van der Waals surface area contributed by atoms with Gasteiger partial charge in [-0.1, -0.05) is 263 Å². The zero-order valence-corrected chi connectivity index (χ0v) is 55.1. The number of rotatable bonds is 55. The number of hydrogen-bond acceptors (Lipinski definition) is 13. The molecule has 0 spiro atoms. The first-order valence-electron chi connectivity index (χ1n) is 34.9. The molecule has 0 aliphatic carbocycles. The summed E-state index contributed by atoms with van der Waals surface area (Å²) >= 11 is 0. The number of amides is 1. The van der Waals surface area contributed by atoms with Crippen molar-refractivity contribution >= 4 is 5.91 Å². The Morgan fingerprint density at radius 3 is 1.24 bits per heavy atom. The van der Waals surface area contributed by atoms with Gasteiger partial charge in [-0.25, -0.2) is 0 Å². The number of nitrogens with one attached hydrogen (secondary N) is 1. The van der Waals surface area contributed by atoms with Crippen LogP contribution in [0.25, 0.3) is 0 Å². The number of carbonyl (C=O) groups is 1. The van der Waals surface area contributed by atoms with Crippen molar-refractivity contribution in [3.63, 3.8) is 0 Å². The van der Waals surface area contributed by atoms with Crippen molar-refractivity contribution in [1.82, 2.24) is 5.32 Å². The second-order valence-electron chi connectivity index (χ2n) is 23.9. The van der Waals surface area contributed by atoms with E-state index in [4.69, 9.17) is 18.9 Å².